The Morgan fingerprint density at radius 3 is 2.58 bits per heavy atom. The van der Waals surface area contributed by atoms with Crippen LogP contribution in [0.25, 0.3) is 11.2 Å². The van der Waals surface area contributed by atoms with Gasteiger partial charge < -0.3 is 9.47 Å². The molecule has 36 heavy (non-hydrogen) atoms. The summed E-state index contributed by atoms with van der Waals surface area (Å²) in [6.45, 7) is 4.17. The number of pyridine rings is 1. The zero-order chi connectivity index (χ0) is 26.0. The van der Waals surface area contributed by atoms with Crippen LogP contribution in [-0.4, -0.2) is 58.2 Å². The van der Waals surface area contributed by atoms with Crippen LogP contribution in [0.4, 0.5) is 0 Å². The first-order chi connectivity index (χ1) is 17.1. The Morgan fingerprint density at radius 2 is 1.92 bits per heavy atom. The number of methoxy groups -OCH3 is 1. The largest absolute Gasteiger partial charge is 0.493 e. The number of sulfone groups is 1. The number of fused-ring (bicyclic) bond motifs is 1. The maximum Gasteiger partial charge on any atom is 0.331 e. The molecule has 0 aliphatic carbocycles. The van der Waals surface area contributed by atoms with Crippen molar-refractivity contribution in [3.8, 4) is 11.5 Å². The zero-order valence-corrected chi connectivity index (χ0v) is 22.7. The molecule has 4 aromatic rings. The second kappa shape index (κ2) is 10.4. The third-order valence-electron chi connectivity index (χ3n) is 5.56. The van der Waals surface area contributed by atoms with Gasteiger partial charge in [-0.05, 0) is 59.6 Å². The fourth-order valence-corrected chi connectivity index (χ4v) is 5.29. The molecular weight excluding hydrogens is 550 g/mol. The predicted octanol–water partition coefficient (Wildman–Crippen LogP) is 3.15. The molecule has 4 rings (SSSR count). The molecule has 0 amide bonds. The molecular formula is C24H26BrN5O5S. The van der Waals surface area contributed by atoms with Crippen molar-refractivity contribution >= 4 is 36.9 Å². The molecule has 0 spiro atoms. The van der Waals surface area contributed by atoms with E-state index in [0.29, 0.717) is 45.1 Å². The lowest BCUT2D eigenvalue weighted by molar-refractivity contribution is 0.310. The van der Waals surface area contributed by atoms with Crippen molar-refractivity contribution in [2.75, 3.05) is 25.7 Å². The van der Waals surface area contributed by atoms with E-state index in [4.69, 9.17) is 9.47 Å². The van der Waals surface area contributed by atoms with E-state index in [1.807, 2.05) is 13.8 Å². The molecule has 1 atom stereocenters. The van der Waals surface area contributed by atoms with Crippen molar-refractivity contribution in [2.45, 2.75) is 26.4 Å². The zero-order valence-electron chi connectivity index (χ0n) is 20.3. The van der Waals surface area contributed by atoms with Crippen LogP contribution in [0.15, 0.2) is 52.0 Å². The van der Waals surface area contributed by atoms with Gasteiger partial charge in [0.25, 0.3) is 0 Å². The molecule has 3 heterocycles. The molecule has 0 fully saturated rings. The number of aromatic nitrogens is 5. The summed E-state index contributed by atoms with van der Waals surface area (Å²) in [5.74, 6) is 1.10. The van der Waals surface area contributed by atoms with Gasteiger partial charge in [0.05, 0.1) is 37.6 Å². The minimum atomic E-state index is -3.51. The van der Waals surface area contributed by atoms with Gasteiger partial charge in [-0.3, -0.25) is 9.13 Å². The van der Waals surface area contributed by atoms with E-state index in [0.717, 1.165) is 11.9 Å². The Kier molecular flexibility index (Phi) is 7.46. The number of rotatable bonds is 9. The minimum Gasteiger partial charge on any atom is -0.493 e. The summed E-state index contributed by atoms with van der Waals surface area (Å²) >= 11 is 3.43. The highest BCUT2D eigenvalue weighted by Crippen LogP contribution is 2.33. The summed E-state index contributed by atoms with van der Waals surface area (Å²) in [5, 5.41) is 0. The van der Waals surface area contributed by atoms with Crippen LogP contribution in [-0.2, 0) is 16.4 Å². The van der Waals surface area contributed by atoms with Crippen LogP contribution in [0.2, 0.25) is 0 Å². The molecule has 10 nitrogen and oxygen atoms in total. The van der Waals surface area contributed by atoms with Gasteiger partial charge in [0, 0.05) is 28.8 Å². The van der Waals surface area contributed by atoms with Crippen molar-refractivity contribution < 1.29 is 17.9 Å². The molecule has 0 radical (unpaired) electrons. The fraction of sp³-hybridized carbons (Fsp3) is 0.333. The molecule has 12 heteroatoms. The van der Waals surface area contributed by atoms with Crippen molar-refractivity contribution in [1.82, 2.24) is 24.1 Å². The first-order valence-electron chi connectivity index (χ1n) is 11.1. The summed E-state index contributed by atoms with van der Waals surface area (Å²) in [6, 6.07) is 7.81. The van der Waals surface area contributed by atoms with E-state index in [2.05, 4.69) is 30.9 Å². The standard InChI is InChI=1S/C24H26BrN5O5S/c1-5-35-21-10-16(6-7-20(21)34-3)19(14-36(4,32)33)30-23-18(11-17(25)12-27-23)29(24(30)31)13-22-26-9-8-15(2)28-22/h6-12,19H,5,13-14H2,1-4H3/t19-/m0/s1. The molecule has 0 bridgehead atoms. The summed E-state index contributed by atoms with van der Waals surface area (Å²) in [4.78, 5) is 27.1. The number of halogens is 1. The van der Waals surface area contributed by atoms with Gasteiger partial charge in [0.15, 0.2) is 17.1 Å². The fourth-order valence-electron chi connectivity index (χ4n) is 4.06. The highest BCUT2D eigenvalue weighted by Gasteiger charge is 2.27. The molecule has 0 aliphatic rings. The number of nitrogens with zero attached hydrogens (tertiary/aromatic N) is 5. The molecule has 3 aromatic heterocycles. The third-order valence-corrected chi connectivity index (χ3v) is 6.91. The Labute approximate surface area is 217 Å². The predicted molar refractivity (Wildman–Crippen MR) is 140 cm³/mol. The molecule has 0 aliphatic heterocycles. The number of ether oxygens (including phenoxy) is 2. The van der Waals surface area contributed by atoms with E-state index in [9.17, 15) is 13.2 Å². The van der Waals surface area contributed by atoms with Crippen molar-refractivity contribution in [3.05, 3.63) is 74.8 Å². The monoisotopic (exact) mass is 575 g/mol. The lowest BCUT2D eigenvalue weighted by atomic mass is 10.1. The average Bonchev–Trinajstić information content (AvgIpc) is 3.07. The van der Waals surface area contributed by atoms with Crippen molar-refractivity contribution in [3.63, 3.8) is 0 Å². The first-order valence-corrected chi connectivity index (χ1v) is 14.0. The number of benzene rings is 1. The molecule has 0 N–H and O–H groups in total. The summed E-state index contributed by atoms with van der Waals surface area (Å²) in [5.41, 5.74) is 1.79. The van der Waals surface area contributed by atoms with Gasteiger partial charge >= 0.3 is 5.69 Å². The quantitative estimate of drug-likeness (QED) is 0.298. The molecule has 0 saturated heterocycles. The van der Waals surface area contributed by atoms with Crippen LogP contribution in [0, 0.1) is 6.92 Å². The SMILES string of the molecule is CCOc1cc([C@H](CS(C)(=O)=O)n2c(=O)n(Cc3nccc(C)n3)c3cc(Br)cnc32)ccc1OC. The van der Waals surface area contributed by atoms with Gasteiger partial charge in [-0.2, -0.15) is 0 Å². The van der Waals surface area contributed by atoms with Gasteiger partial charge in [-0.1, -0.05) is 6.07 Å². The maximum absolute atomic E-state index is 13.9. The highest BCUT2D eigenvalue weighted by molar-refractivity contribution is 9.10. The number of imidazole rings is 1. The first kappa shape index (κ1) is 25.8. The Morgan fingerprint density at radius 1 is 1.14 bits per heavy atom. The van der Waals surface area contributed by atoms with E-state index in [-0.39, 0.29) is 12.3 Å². The van der Waals surface area contributed by atoms with E-state index in [1.54, 1.807) is 42.7 Å². The second-order valence-electron chi connectivity index (χ2n) is 8.30. The number of hydrogen-bond donors (Lipinski definition) is 0. The molecule has 0 unspecified atom stereocenters. The maximum atomic E-state index is 13.9. The van der Waals surface area contributed by atoms with Crippen LogP contribution >= 0.6 is 15.9 Å². The summed E-state index contributed by atoms with van der Waals surface area (Å²) in [7, 11) is -1.99. The minimum absolute atomic E-state index is 0.0978. The molecule has 0 saturated carbocycles. The number of hydrogen-bond acceptors (Lipinski definition) is 8. The van der Waals surface area contributed by atoms with E-state index < -0.39 is 21.6 Å². The lowest BCUT2D eigenvalue weighted by Gasteiger charge is -2.20. The van der Waals surface area contributed by atoms with Crippen LogP contribution in [0.3, 0.4) is 0 Å². The van der Waals surface area contributed by atoms with Crippen LogP contribution < -0.4 is 15.2 Å². The van der Waals surface area contributed by atoms with Crippen molar-refractivity contribution in [2.24, 2.45) is 0 Å². The lowest BCUT2D eigenvalue weighted by Crippen LogP contribution is -2.32. The van der Waals surface area contributed by atoms with E-state index >= 15 is 0 Å². The van der Waals surface area contributed by atoms with Gasteiger partial charge in [0.2, 0.25) is 0 Å². The summed E-state index contributed by atoms with van der Waals surface area (Å²) in [6.07, 6.45) is 4.35. The topological polar surface area (TPSA) is 118 Å². The highest BCUT2D eigenvalue weighted by atomic mass is 79.9. The van der Waals surface area contributed by atoms with Gasteiger partial charge in [-0.15, -0.1) is 0 Å². The molecule has 190 valence electrons. The second-order valence-corrected chi connectivity index (χ2v) is 11.4. The Bertz CT molecular complexity index is 1580. The third kappa shape index (κ3) is 5.44. The Hall–Kier alpha value is -3.25. The van der Waals surface area contributed by atoms with Crippen LogP contribution in [0.5, 0.6) is 11.5 Å². The Balaban J connectivity index is 1.96. The van der Waals surface area contributed by atoms with E-state index in [1.165, 1.54) is 16.2 Å². The summed E-state index contributed by atoms with van der Waals surface area (Å²) < 4.78 is 39.7. The van der Waals surface area contributed by atoms with Gasteiger partial charge in [0.1, 0.15) is 15.7 Å². The molecule has 1 aromatic carbocycles. The van der Waals surface area contributed by atoms with Gasteiger partial charge in [-0.25, -0.2) is 28.2 Å². The average molecular weight is 576 g/mol. The smallest absolute Gasteiger partial charge is 0.331 e. The number of aryl methyl sites for hydroxylation is 1. The van der Waals surface area contributed by atoms with Crippen molar-refractivity contribution in [1.29, 1.82) is 0 Å². The van der Waals surface area contributed by atoms with Crippen LogP contribution in [0.1, 0.15) is 30.0 Å². The normalized spacial score (nSPS) is 12.6.